The SMILES string of the molecule is COc1ncc(C(=O)O)c(C2CC2)n1. The maximum absolute atomic E-state index is 10.8. The van der Waals surface area contributed by atoms with Gasteiger partial charge in [-0.15, -0.1) is 0 Å². The van der Waals surface area contributed by atoms with E-state index >= 15 is 0 Å². The van der Waals surface area contributed by atoms with Crippen molar-refractivity contribution in [3.63, 3.8) is 0 Å². The zero-order valence-electron chi connectivity index (χ0n) is 7.73. The second-order valence-electron chi connectivity index (χ2n) is 3.24. The van der Waals surface area contributed by atoms with E-state index in [1.54, 1.807) is 0 Å². The van der Waals surface area contributed by atoms with Crippen LogP contribution in [0.3, 0.4) is 0 Å². The molecule has 0 radical (unpaired) electrons. The Morgan fingerprint density at radius 1 is 1.64 bits per heavy atom. The van der Waals surface area contributed by atoms with Crippen LogP contribution in [0, 0.1) is 0 Å². The lowest BCUT2D eigenvalue weighted by Gasteiger charge is -2.04. The van der Waals surface area contributed by atoms with Crippen LogP contribution in [0.15, 0.2) is 6.20 Å². The Hall–Kier alpha value is -1.65. The van der Waals surface area contributed by atoms with Crippen molar-refractivity contribution in [2.45, 2.75) is 18.8 Å². The molecule has 0 aromatic carbocycles. The van der Waals surface area contributed by atoms with Crippen LogP contribution < -0.4 is 4.74 Å². The lowest BCUT2D eigenvalue weighted by molar-refractivity contribution is 0.0694. The molecule has 2 rings (SSSR count). The maximum Gasteiger partial charge on any atom is 0.339 e. The highest BCUT2D eigenvalue weighted by molar-refractivity contribution is 5.88. The first-order valence-corrected chi connectivity index (χ1v) is 4.36. The second-order valence-corrected chi connectivity index (χ2v) is 3.24. The molecule has 1 fully saturated rings. The first-order valence-electron chi connectivity index (χ1n) is 4.36. The number of aromatic nitrogens is 2. The molecule has 5 nitrogen and oxygen atoms in total. The first-order chi connectivity index (χ1) is 6.72. The molecule has 1 saturated carbocycles. The van der Waals surface area contributed by atoms with Crippen molar-refractivity contribution in [3.05, 3.63) is 17.5 Å². The van der Waals surface area contributed by atoms with E-state index < -0.39 is 5.97 Å². The van der Waals surface area contributed by atoms with E-state index in [9.17, 15) is 4.79 Å². The van der Waals surface area contributed by atoms with Crippen molar-refractivity contribution in [3.8, 4) is 6.01 Å². The van der Waals surface area contributed by atoms with Gasteiger partial charge in [-0.1, -0.05) is 0 Å². The Morgan fingerprint density at radius 3 is 2.86 bits per heavy atom. The largest absolute Gasteiger partial charge is 0.478 e. The van der Waals surface area contributed by atoms with Crippen LogP contribution in [0.4, 0.5) is 0 Å². The van der Waals surface area contributed by atoms with Crippen molar-refractivity contribution in [2.75, 3.05) is 7.11 Å². The van der Waals surface area contributed by atoms with Crippen molar-refractivity contribution < 1.29 is 14.6 Å². The van der Waals surface area contributed by atoms with Gasteiger partial charge in [0.2, 0.25) is 0 Å². The molecule has 0 spiro atoms. The molecule has 1 aliphatic rings. The lowest BCUT2D eigenvalue weighted by atomic mass is 10.1. The molecule has 0 amide bonds. The topological polar surface area (TPSA) is 72.3 Å². The smallest absolute Gasteiger partial charge is 0.339 e. The van der Waals surface area contributed by atoms with Gasteiger partial charge in [0.05, 0.1) is 18.4 Å². The monoisotopic (exact) mass is 194 g/mol. The average Bonchev–Trinajstić information content (AvgIpc) is 3.00. The van der Waals surface area contributed by atoms with Crippen LogP contribution in [-0.2, 0) is 0 Å². The fraction of sp³-hybridized carbons (Fsp3) is 0.444. The predicted molar refractivity (Wildman–Crippen MR) is 47.5 cm³/mol. The van der Waals surface area contributed by atoms with Gasteiger partial charge in [0.25, 0.3) is 0 Å². The molecular weight excluding hydrogens is 184 g/mol. The third-order valence-corrected chi connectivity index (χ3v) is 2.17. The number of carbonyl (C=O) groups is 1. The van der Waals surface area contributed by atoms with E-state index in [1.807, 2.05) is 0 Å². The molecule has 5 heteroatoms. The minimum absolute atomic E-state index is 0.188. The minimum atomic E-state index is -0.977. The number of rotatable bonds is 3. The van der Waals surface area contributed by atoms with Crippen molar-refractivity contribution in [1.82, 2.24) is 9.97 Å². The summed E-state index contributed by atoms with van der Waals surface area (Å²) in [4.78, 5) is 18.7. The number of aromatic carboxylic acids is 1. The normalized spacial score (nSPS) is 15.2. The van der Waals surface area contributed by atoms with Crippen LogP contribution >= 0.6 is 0 Å². The fourth-order valence-electron chi connectivity index (χ4n) is 1.31. The highest BCUT2D eigenvalue weighted by Crippen LogP contribution is 2.40. The zero-order chi connectivity index (χ0) is 10.1. The molecule has 14 heavy (non-hydrogen) atoms. The van der Waals surface area contributed by atoms with Gasteiger partial charge in [-0.25, -0.2) is 9.78 Å². The molecule has 1 aromatic rings. The van der Waals surface area contributed by atoms with E-state index in [0.717, 1.165) is 12.8 Å². The van der Waals surface area contributed by atoms with Crippen LogP contribution in [0.5, 0.6) is 6.01 Å². The minimum Gasteiger partial charge on any atom is -0.478 e. The Kier molecular flexibility index (Phi) is 2.07. The summed E-state index contributed by atoms with van der Waals surface area (Å²) in [6, 6.07) is 0.233. The Labute approximate surface area is 80.8 Å². The molecule has 1 N–H and O–H groups in total. The van der Waals surface area contributed by atoms with E-state index in [4.69, 9.17) is 9.84 Å². The number of carboxylic acids is 1. The van der Waals surface area contributed by atoms with Crippen LogP contribution in [-0.4, -0.2) is 28.2 Å². The number of hydrogen-bond acceptors (Lipinski definition) is 4. The molecule has 0 bridgehead atoms. The van der Waals surface area contributed by atoms with Gasteiger partial charge in [0, 0.05) is 12.1 Å². The number of carboxylic acid groups (broad SMARTS) is 1. The van der Waals surface area contributed by atoms with Crippen LogP contribution in [0.2, 0.25) is 0 Å². The highest BCUT2D eigenvalue weighted by Gasteiger charge is 2.30. The van der Waals surface area contributed by atoms with Gasteiger partial charge in [-0.2, -0.15) is 4.98 Å². The molecule has 1 aliphatic carbocycles. The summed E-state index contributed by atoms with van der Waals surface area (Å²) in [6.45, 7) is 0. The van der Waals surface area contributed by atoms with Gasteiger partial charge in [0.15, 0.2) is 0 Å². The van der Waals surface area contributed by atoms with E-state index in [0.29, 0.717) is 5.69 Å². The summed E-state index contributed by atoms with van der Waals surface area (Å²) in [5, 5.41) is 8.89. The summed E-state index contributed by atoms with van der Waals surface area (Å²) >= 11 is 0. The summed E-state index contributed by atoms with van der Waals surface area (Å²) in [6.07, 6.45) is 3.31. The summed E-state index contributed by atoms with van der Waals surface area (Å²) < 4.78 is 4.85. The van der Waals surface area contributed by atoms with Crippen LogP contribution in [0.1, 0.15) is 34.8 Å². The quantitative estimate of drug-likeness (QED) is 0.778. The van der Waals surface area contributed by atoms with E-state index in [-0.39, 0.29) is 17.5 Å². The summed E-state index contributed by atoms with van der Waals surface area (Å²) in [5.41, 5.74) is 0.789. The number of ether oxygens (including phenoxy) is 1. The standard InChI is InChI=1S/C9H10N2O3/c1-14-9-10-4-6(8(12)13)7(11-9)5-2-3-5/h4-5H,2-3H2,1H3,(H,12,13). The molecule has 0 saturated heterocycles. The lowest BCUT2D eigenvalue weighted by Crippen LogP contribution is -2.06. The third kappa shape index (κ3) is 1.53. The number of hydrogen-bond donors (Lipinski definition) is 1. The number of methoxy groups -OCH3 is 1. The maximum atomic E-state index is 10.8. The van der Waals surface area contributed by atoms with Gasteiger partial charge in [-0.3, -0.25) is 0 Å². The Balaban J connectivity index is 2.43. The Bertz CT molecular complexity index is 374. The Morgan fingerprint density at radius 2 is 2.36 bits per heavy atom. The molecule has 1 heterocycles. The summed E-state index contributed by atoms with van der Waals surface area (Å²) in [5.74, 6) is -0.701. The fourth-order valence-corrected chi connectivity index (χ4v) is 1.31. The van der Waals surface area contributed by atoms with Gasteiger partial charge in [0.1, 0.15) is 0 Å². The summed E-state index contributed by atoms with van der Waals surface area (Å²) in [7, 11) is 1.46. The van der Waals surface area contributed by atoms with Crippen molar-refractivity contribution in [1.29, 1.82) is 0 Å². The third-order valence-electron chi connectivity index (χ3n) is 2.17. The number of nitrogens with zero attached hydrogens (tertiary/aromatic N) is 2. The zero-order valence-corrected chi connectivity index (χ0v) is 7.73. The molecular formula is C9H10N2O3. The predicted octanol–water partition coefficient (Wildman–Crippen LogP) is 1.06. The highest BCUT2D eigenvalue weighted by atomic mass is 16.5. The van der Waals surface area contributed by atoms with Gasteiger partial charge in [-0.05, 0) is 12.8 Å². The molecule has 0 atom stereocenters. The van der Waals surface area contributed by atoms with Gasteiger partial charge >= 0.3 is 12.0 Å². The van der Waals surface area contributed by atoms with Crippen LogP contribution in [0.25, 0.3) is 0 Å². The first kappa shape index (κ1) is 8.93. The van der Waals surface area contributed by atoms with E-state index in [1.165, 1.54) is 13.3 Å². The van der Waals surface area contributed by atoms with Crippen molar-refractivity contribution in [2.24, 2.45) is 0 Å². The van der Waals surface area contributed by atoms with Gasteiger partial charge < -0.3 is 9.84 Å². The second kappa shape index (κ2) is 3.25. The molecule has 74 valence electrons. The molecule has 0 unspecified atom stereocenters. The molecule has 1 aromatic heterocycles. The van der Waals surface area contributed by atoms with Crippen molar-refractivity contribution >= 4 is 5.97 Å². The van der Waals surface area contributed by atoms with E-state index in [2.05, 4.69) is 9.97 Å². The molecule has 0 aliphatic heterocycles. The average molecular weight is 194 g/mol.